The van der Waals surface area contributed by atoms with Gasteiger partial charge in [-0.1, -0.05) is 36.4 Å². The van der Waals surface area contributed by atoms with Gasteiger partial charge in [0.2, 0.25) is 0 Å². The Labute approximate surface area is 114 Å². The molecule has 0 saturated carbocycles. The van der Waals surface area contributed by atoms with Crippen LogP contribution in [0, 0.1) is 20.8 Å². The van der Waals surface area contributed by atoms with Crippen LogP contribution in [0.15, 0.2) is 42.5 Å². The molecule has 0 amide bonds. The molecule has 0 heterocycles. The minimum atomic E-state index is -0.260. The number of aryl methyl sites for hydroxylation is 1. The molecule has 0 aliphatic rings. The average molecular weight is 254 g/mol. The first-order chi connectivity index (χ1) is 9.09. The van der Waals surface area contributed by atoms with E-state index in [0.717, 1.165) is 16.7 Å². The second-order valence-corrected chi connectivity index (χ2v) is 4.74. The molecule has 2 rings (SSSR count). The molecule has 2 aromatic carbocycles. The van der Waals surface area contributed by atoms with Gasteiger partial charge in [-0.15, -0.1) is 0 Å². The maximum atomic E-state index is 12.1. The lowest BCUT2D eigenvalue weighted by atomic mass is 9.99. The first-order valence-corrected chi connectivity index (χ1v) is 6.37. The zero-order valence-electron chi connectivity index (χ0n) is 11.6. The fourth-order valence-electron chi connectivity index (χ4n) is 1.98. The Morgan fingerprint density at radius 2 is 1.63 bits per heavy atom. The van der Waals surface area contributed by atoms with E-state index in [4.69, 9.17) is 4.74 Å². The van der Waals surface area contributed by atoms with E-state index < -0.39 is 0 Å². The van der Waals surface area contributed by atoms with Gasteiger partial charge in [0.05, 0.1) is 5.56 Å². The van der Waals surface area contributed by atoms with E-state index in [0.29, 0.717) is 12.2 Å². The zero-order chi connectivity index (χ0) is 13.8. The zero-order valence-corrected chi connectivity index (χ0v) is 11.6. The predicted molar refractivity (Wildman–Crippen MR) is 76.2 cm³/mol. The van der Waals surface area contributed by atoms with E-state index in [1.165, 1.54) is 5.56 Å². The summed E-state index contributed by atoms with van der Waals surface area (Å²) in [5, 5.41) is 0. The standard InChI is InChI=1S/C17H18O2/c1-12-9-10-16(14(3)13(12)2)17(18)19-11-15-7-5-4-6-8-15/h4-10H,11H2,1-3H3. The van der Waals surface area contributed by atoms with Crippen LogP contribution < -0.4 is 0 Å². The Balaban J connectivity index is 2.11. The third-order valence-corrected chi connectivity index (χ3v) is 3.49. The number of benzene rings is 2. The van der Waals surface area contributed by atoms with Crippen molar-refractivity contribution in [1.82, 2.24) is 0 Å². The van der Waals surface area contributed by atoms with E-state index in [2.05, 4.69) is 0 Å². The Morgan fingerprint density at radius 3 is 2.32 bits per heavy atom. The number of carbonyl (C=O) groups is 1. The molecule has 0 bridgehead atoms. The third kappa shape index (κ3) is 3.02. The number of esters is 1. The SMILES string of the molecule is Cc1ccc(C(=O)OCc2ccccc2)c(C)c1C. The molecule has 98 valence electrons. The van der Waals surface area contributed by atoms with Crippen molar-refractivity contribution in [2.75, 3.05) is 0 Å². The maximum Gasteiger partial charge on any atom is 0.338 e. The number of carbonyl (C=O) groups excluding carboxylic acids is 1. The molecule has 0 radical (unpaired) electrons. The van der Waals surface area contributed by atoms with Crippen LogP contribution in [0.3, 0.4) is 0 Å². The van der Waals surface area contributed by atoms with Crippen molar-refractivity contribution in [3.8, 4) is 0 Å². The predicted octanol–water partition coefficient (Wildman–Crippen LogP) is 3.97. The summed E-state index contributed by atoms with van der Waals surface area (Å²) in [5.74, 6) is -0.260. The number of ether oxygens (including phenoxy) is 1. The molecule has 2 aromatic rings. The first kappa shape index (κ1) is 13.3. The van der Waals surface area contributed by atoms with Gasteiger partial charge in [-0.05, 0) is 49.1 Å². The van der Waals surface area contributed by atoms with Crippen molar-refractivity contribution in [2.24, 2.45) is 0 Å². The molecule has 0 aliphatic carbocycles. The maximum absolute atomic E-state index is 12.1. The summed E-state index contributed by atoms with van der Waals surface area (Å²) >= 11 is 0. The molecule has 2 heteroatoms. The molecule has 0 atom stereocenters. The summed E-state index contributed by atoms with van der Waals surface area (Å²) in [6, 6.07) is 13.5. The van der Waals surface area contributed by atoms with Crippen molar-refractivity contribution in [3.63, 3.8) is 0 Å². The number of rotatable bonds is 3. The van der Waals surface area contributed by atoms with Gasteiger partial charge in [0.1, 0.15) is 6.61 Å². The van der Waals surface area contributed by atoms with Crippen LogP contribution in [0.1, 0.15) is 32.6 Å². The van der Waals surface area contributed by atoms with E-state index in [1.807, 2.05) is 63.2 Å². The van der Waals surface area contributed by atoms with Gasteiger partial charge in [-0.2, -0.15) is 0 Å². The van der Waals surface area contributed by atoms with Crippen molar-refractivity contribution >= 4 is 5.97 Å². The molecule has 0 unspecified atom stereocenters. The number of hydrogen-bond donors (Lipinski definition) is 0. The van der Waals surface area contributed by atoms with Crippen LogP contribution in [0.25, 0.3) is 0 Å². The Morgan fingerprint density at radius 1 is 0.947 bits per heavy atom. The minimum absolute atomic E-state index is 0.260. The number of hydrogen-bond acceptors (Lipinski definition) is 2. The molecular weight excluding hydrogens is 236 g/mol. The van der Waals surface area contributed by atoms with Crippen molar-refractivity contribution < 1.29 is 9.53 Å². The van der Waals surface area contributed by atoms with E-state index in [9.17, 15) is 4.79 Å². The van der Waals surface area contributed by atoms with Gasteiger partial charge in [-0.3, -0.25) is 0 Å². The molecular formula is C17H18O2. The lowest BCUT2D eigenvalue weighted by Crippen LogP contribution is -2.08. The highest BCUT2D eigenvalue weighted by Gasteiger charge is 2.12. The Kier molecular flexibility index (Phi) is 4.00. The van der Waals surface area contributed by atoms with Gasteiger partial charge in [-0.25, -0.2) is 4.79 Å². The van der Waals surface area contributed by atoms with Crippen LogP contribution in [0.5, 0.6) is 0 Å². The van der Waals surface area contributed by atoms with Crippen molar-refractivity contribution in [1.29, 1.82) is 0 Å². The fourth-order valence-corrected chi connectivity index (χ4v) is 1.98. The summed E-state index contributed by atoms with van der Waals surface area (Å²) in [7, 11) is 0. The molecule has 19 heavy (non-hydrogen) atoms. The largest absolute Gasteiger partial charge is 0.457 e. The van der Waals surface area contributed by atoms with Crippen molar-refractivity contribution in [3.05, 3.63) is 70.3 Å². The van der Waals surface area contributed by atoms with Gasteiger partial charge in [0.25, 0.3) is 0 Å². The Bertz CT molecular complexity index is 586. The summed E-state index contributed by atoms with van der Waals surface area (Å²) in [6.45, 7) is 6.34. The van der Waals surface area contributed by atoms with Crippen LogP contribution in [-0.4, -0.2) is 5.97 Å². The smallest absolute Gasteiger partial charge is 0.338 e. The second-order valence-electron chi connectivity index (χ2n) is 4.74. The van der Waals surface area contributed by atoms with Crippen LogP contribution >= 0.6 is 0 Å². The summed E-state index contributed by atoms with van der Waals surface area (Å²) in [4.78, 5) is 12.1. The summed E-state index contributed by atoms with van der Waals surface area (Å²) in [6.07, 6.45) is 0. The summed E-state index contributed by atoms with van der Waals surface area (Å²) in [5.41, 5.74) is 4.99. The highest BCUT2D eigenvalue weighted by atomic mass is 16.5. The van der Waals surface area contributed by atoms with Crippen LogP contribution in [0.4, 0.5) is 0 Å². The second kappa shape index (κ2) is 5.70. The average Bonchev–Trinajstić information content (AvgIpc) is 2.43. The summed E-state index contributed by atoms with van der Waals surface area (Å²) < 4.78 is 5.35. The van der Waals surface area contributed by atoms with Gasteiger partial charge in [0, 0.05) is 0 Å². The van der Waals surface area contributed by atoms with E-state index in [1.54, 1.807) is 0 Å². The Hall–Kier alpha value is -2.09. The van der Waals surface area contributed by atoms with Gasteiger partial charge >= 0.3 is 5.97 Å². The molecule has 0 saturated heterocycles. The highest BCUT2D eigenvalue weighted by molar-refractivity contribution is 5.91. The molecule has 0 aromatic heterocycles. The lowest BCUT2D eigenvalue weighted by molar-refractivity contribution is 0.0471. The normalized spacial score (nSPS) is 10.3. The van der Waals surface area contributed by atoms with E-state index in [-0.39, 0.29) is 5.97 Å². The molecule has 2 nitrogen and oxygen atoms in total. The quantitative estimate of drug-likeness (QED) is 0.775. The molecule has 0 fully saturated rings. The van der Waals surface area contributed by atoms with Crippen LogP contribution in [-0.2, 0) is 11.3 Å². The lowest BCUT2D eigenvalue weighted by Gasteiger charge is -2.11. The first-order valence-electron chi connectivity index (χ1n) is 6.37. The molecule has 0 N–H and O–H groups in total. The van der Waals surface area contributed by atoms with Crippen molar-refractivity contribution in [2.45, 2.75) is 27.4 Å². The molecule has 0 spiro atoms. The monoisotopic (exact) mass is 254 g/mol. The topological polar surface area (TPSA) is 26.3 Å². The highest BCUT2D eigenvalue weighted by Crippen LogP contribution is 2.18. The van der Waals surface area contributed by atoms with Gasteiger partial charge < -0.3 is 4.74 Å². The minimum Gasteiger partial charge on any atom is -0.457 e. The fraction of sp³-hybridized carbons (Fsp3) is 0.235. The van der Waals surface area contributed by atoms with Gasteiger partial charge in [0.15, 0.2) is 0 Å². The molecule has 0 aliphatic heterocycles. The van der Waals surface area contributed by atoms with Crippen LogP contribution in [0.2, 0.25) is 0 Å². The third-order valence-electron chi connectivity index (χ3n) is 3.49. The van der Waals surface area contributed by atoms with E-state index >= 15 is 0 Å².